The number of amides is 1. The van der Waals surface area contributed by atoms with Crippen molar-refractivity contribution >= 4 is 11.9 Å². The van der Waals surface area contributed by atoms with E-state index >= 15 is 0 Å². The maximum atomic E-state index is 11.9. The lowest BCUT2D eigenvalue weighted by atomic mass is 10.2. The first-order chi connectivity index (χ1) is 10.7. The van der Waals surface area contributed by atoms with E-state index in [0.29, 0.717) is 18.7 Å². The first-order valence-electron chi connectivity index (χ1n) is 7.20. The Hall–Kier alpha value is -2.63. The molecule has 0 aliphatic carbocycles. The molecule has 0 saturated heterocycles. The summed E-state index contributed by atoms with van der Waals surface area (Å²) >= 11 is 0. The van der Waals surface area contributed by atoms with Gasteiger partial charge in [-0.05, 0) is 44.2 Å². The molecule has 22 heavy (non-hydrogen) atoms. The van der Waals surface area contributed by atoms with E-state index in [1.807, 2.05) is 26.1 Å². The number of likely N-dealkylation sites (N-methyl/N-ethyl adjacent to an activating group) is 1. The zero-order valence-electron chi connectivity index (χ0n) is 12.7. The van der Waals surface area contributed by atoms with E-state index in [9.17, 15) is 9.59 Å². The van der Waals surface area contributed by atoms with Crippen molar-refractivity contribution in [1.82, 2.24) is 14.7 Å². The van der Waals surface area contributed by atoms with Gasteiger partial charge in [0.15, 0.2) is 6.61 Å². The number of ether oxygens (including phenoxy) is 1. The van der Waals surface area contributed by atoms with Gasteiger partial charge in [-0.25, -0.2) is 9.48 Å². The largest absolute Gasteiger partial charge is 0.452 e. The number of nitrogens with zero attached hydrogens (tertiary/aromatic N) is 3. The Kier molecular flexibility index (Phi) is 5.30. The van der Waals surface area contributed by atoms with Gasteiger partial charge in [0.25, 0.3) is 5.91 Å². The number of esters is 1. The van der Waals surface area contributed by atoms with Gasteiger partial charge >= 0.3 is 5.97 Å². The van der Waals surface area contributed by atoms with Crippen LogP contribution in [-0.4, -0.2) is 46.3 Å². The van der Waals surface area contributed by atoms with Crippen molar-refractivity contribution in [3.05, 3.63) is 48.3 Å². The van der Waals surface area contributed by atoms with E-state index in [1.54, 1.807) is 40.0 Å². The lowest BCUT2D eigenvalue weighted by molar-refractivity contribution is -0.134. The third-order valence-corrected chi connectivity index (χ3v) is 3.31. The summed E-state index contributed by atoms with van der Waals surface area (Å²) in [5.41, 5.74) is 1.25. The molecule has 6 nitrogen and oxygen atoms in total. The van der Waals surface area contributed by atoms with Gasteiger partial charge in [0.05, 0.1) is 11.3 Å². The number of hydrogen-bond acceptors (Lipinski definition) is 4. The molecule has 0 N–H and O–H groups in total. The number of rotatable bonds is 6. The van der Waals surface area contributed by atoms with Crippen molar-refractivity contribution in [3.8, 4) is 5.69 Å². The minimum Gasteiger partial charge on any atom is -0.452 e. The van der Waals surface area contributed by atoms with Gasteiger partial charge in [0.2, 0.25) is 0 Å². The Balaban J connectivity index is 1.94. The Labute approximate surface area is 129 Å². The number of hydrogen-bond donors (Lipinski definition) is 0. The molecule has 0 aliphatic heterocycles. The second-order valence-corrected chi connectivity index (χ2v) is 4.64. The molecule has 116 valence electrons. The van der Waals surface area contributed by atoms with E-state index in [4.69, 9.17) is 4.74 Å². The summed E-state index contributed by atoms with van der Waals surface area (Å²) in [6, 6.07) is 8.68. The number of carbonyl (C=O) groups is 2. The monoisotopic (exact) mass is 301 g/mol. The van der Waals surface area contributed by atoms with E-state index in [0.717, 1.165) is 5.69 Å². The third-order valence-electron chi connectivity index (χ3n) is 3.31. The molecule has 0 fully saturated rings. The Morgan fingerprint density at radius 2 is 1.86 bits per heavy atom. The van der Waals surface area contributed by atoms with Crippen LogP contribution in [0.15, 0.2) is 42.7 Å². The smallest absolute Gasteiger partial charge is 0.338 e. The van der Waals surface area contributed by atoms with Gasteiger partial charge in [0, 0.05) is 25.5 Å². The zero-order valence-corrected chi connectivity index (χ0v) is 12.7. The molecule has 0 spiro atoms. The quantitative estimate of drug-likeness (QED) is 0.764. The Morgan fingerprint density at radius 3 is 2.41 bits per heavy atom. The van der Waals surface area contributed by atoms with Gasteiger partial charge in [0.1, 0.15) is 0 Å². The van der Waals surface area contributed by atoms with Gasteiger partial charge in [-0.15, -0.1) is 0 Å². The highest BCUT2D eigenvalue weighted by atomic mass is 16.5. The van der Waals surface area contributed by atoms with E-state index in [2.05, 4.69) is 5.10 Å². The van der Waals surface area contributed by atoms with E-state index < -0.39 is 5.97 Å². The van der Waals surface area contributed by atoms with Crippen LogP contribution in [0.3, 0.4) is 0 Å². The van der Waals surface area contributed by atoms with Gasteiger partial charge in [-0.2, -0.15) is 5.10 Å². The minimum absolute atomic E-state index is 0.188. The molecule has 0 aliphatic rings. The van der Waals surface area contributed by atoms with Gasteiger partial charge < -0.3 is 9.64 Å². The van der Waals surface area contributed by atoms with Crippen LogP contribution in [0.5, 0.6) is 0 Å². The van der Waals surface area contributed by atoms with Crippen molar-refractivity contribution in [2.45, 2.75) is 13.8 Å². The lowest BCUT2D eigenvalue weighted by Crippen LogP contribution is -2.34. The lowest BCUT2D eigenvalue weighted by Gasteiger charge is -2.18. The average Bonchev–Trinajstić information content (AvgIpc) is 3.08. The molecule has 2 rings (SSSR count). The van der Waals surface area contributed by atoms with Crippen molar-refractivity contribution in [2.24, 2.45) is 0 Å². The van der Waals surface area contributed by atoms with Gasteiger partial charge in [-0.3, -0.25) is 4.79 Å². The van der Waals surface area contributed by atoms with Crippen molar-refractivity contribution < 1.29 is 14.3 Å². The van der Waals surface area contributed by atoms with Crippen LogP contribution in [0.2, 0.25) is 0 Å². The highest BCUT2D eigenvalue weighted by Gasteiger charge is 2.14. The minimum atomic E-state index is -0.507. The number of aromatic nitrogens is 2. The van der Waals surface area contributed by atoms with E-state index in [1.165, 1.54) is 0 Å². The molecule has 2 aromatic rings. The zero-order chi connectivity index (χ0) is 15.9. The second kappa shape index (κ2) is 7.40. The molecule has 0 radical (unpaired) electrons. The molecule has 0 atom stereocenters. The SMILES string of the molecule is CCN(CC)C(=O)COC(=O)c1ccc(-n2cccn2)cc1. The summed E-state index contributed by atoms with van der Waals surface area (Å²) in [5, 5.41) is 4.11. The summed E-state index contributed by atoms with van der Waals surface area (Å²) in [6.45, 7) is 4.74. The van der Waals surface area contributed by atoms with Crippen LogP contribution in [0.25, 0.3) is 5.69 Å². The van der Waals surface area contributed by atoms with Crippen molar-refractivity contribution in [3.63, 3.8) is 0 Å². The summed E-state index contributed by atoms with van der Waals surface area (Å²) < 4.78 is 6.75. The first kappa shape index (κ1) is 15.8. The maximum absolute atomic E-state index is 11.9. The molecule has 0 bridgehead atoms. The first-order valence-corrected chi connectivity index (χ1v) is 7.20. The molecule has 1 heterocycles. The average molecular weight is 301 g/mol. The van der Waals surface area contributed by atoms with Crippen LogP contribution in [0.1, 0.15) is 24.2 Å². The summed E-state index contributed by atoms with van der Waals surface area (Å²) in [5.74, 6) is -0.695. The normalized spacial score (nSPS) is 10.3. The van der Waals surface area contributed by atoms with Crippen LogP contribution in [0.4, 0.5) is 0 Å². The number of benzene rings is 1. The molecule has 1 aromatic heterocycles. The van der Waals surface area contributed by atoms with Gasteiger partial charge in [-0.1, -0.05) is 0 Å². The second-order valence-electron chi connectivity index (χ2n) is 4.64. The predicted octanol–water partition coefficient (Wildman–Crippen LogP) is 1.90. The standard InChI is InChI=1S/C16H19N3O3/c1-3-18(4-2)15(20)12-22-16(21)13-6-8-14(9-7-13)19-11-5-10-17-19/h5-11H,3-4,12H2,1-2H3. The molecule has 1 amide bonds. The highest BCUT2D eigenvalue weighted by molar-refractivity contribution is 5.91. The summed E-state index contributed by atoms with van der Waals surface area (Å²) in [6.07, 6.45) is 3.50. The molecule has 0 saturated carbocycles. The molecule has 1 aromatic carbocycles. The fraction of sp³-hybridized carbons (Fsp3) is 0.312. The Bertz CT molecular complexity index is 617. The van der Waals surface area contributed by atoms with Crippen LogP contribution in [-0.2, 0) is 9.53 Å². The van der Waals surface area contributed by atoms with Crippen LogP contribution in [0, 0.1) is 0 Å². The summed E-state index contributed by atoms with van der Waals surface area (Å²) in [7, 11) is 0. The van der Waals surface area contributed by atoms with Crippen molar-refractivity contribution in [1.29, 1.82) is 0 Å². The third kappa shape index (κ3) is 3.72. The molecular weight excluding hydrogens is 282 g/mol. The summed E-state index contributed by atoms with van der Waals surface area (Å²) in [4.78, 5) is 25.3. The molecule has 6 heteroatoms. The van der Waals surface area contributed by atoms with Crippen molar-refractivity contribution in [2.75, 3.05) is 19.7 Å². The Morgan fingerprint density at radius 1 is 1.18 bits per heavy atom. The topological polar surface area (TPSA) is 64.4 Å². The highest BCUT2D eigenvalue weighted by Crippen LogP contribution is 2.09. The number of carbonyl (C=O) groups excluding carboxylic acids is 2. The fourth-order valence-corrected chi connectivity index (χ4v) is 2.05. The molecule has 0 unspecified atom stereocenters. The maximum Gasteiger partial charge on any atom is 0.338 e. The fourth-order valence-electron chi connectivity index (χ4n) is 2.05. The van der Waals surface area contributed by atoms with Crippen LogP contribution >= 0.6 is 0 Å². The van der Waals surface area contributed by atoms with Crippen LogP contribution < -0.4 is 0 Å². The predicted molar refractivity (Wildman–Crippen MR) is 81.8 cm³/mol. The molecular formula is C16H19N3O3. The van der Waals surface area contributed by atoms with E-state index in [-0.39, 0.29) is 12.5 Å².